The Balaban J connectivity index is 1.48. The molecule has 0 bridgehead atoms. The minimum Gasteiger partial charge on any atom is -0.494 e. The quantitative estimate of drug-likeness (QED) is 0.726. The van der Waals surface area contributed by atoms with Gasteiger partial charge in [-0.25, -0.2) is 0 Å². The molecule has 1 aliphatic rings. The van der Waals surface area contributed by atoms with Gasteiger partial charge >= 0.3 is 0 Å². The lowest BCUT2D eigenvalue weighted by molar-refractivity contribution is -0.122. The number of nitrogens with one attached hydrogen (secondary N) is 2. The molecule has 3 rings (SSSR count). The third-order valence-electron chi connectivity index (χ3n) is 3.72. The molecule has 8 heteroatoms. The molecule has 1 fully saturated rings. The first-order chi connectivity index (χ1) is 13.1. The van der Waals surface area contributed by atoms with Crippen LogP contribution >= 0.6 is 11.8 Å². The Hall–Kier alpha value is -2.74. The summed E-state index contributed by atoms with van der Waals surface area (Å²) in [7, 11) is 0. The summed E-state index contributed by atoms with van der Waals surface area (Å²) in [6.07, 6.45) is 2.59. The lowest BCUT2D eigenvalue weighted by atomic mass is 10.2. The van der Waals surface area contributed by atoms with Crippen molar-refractivity contribution in [3.63, 3.8) is 0 Å². The van der Waals surface area contributed by atoms with Crippen molar-refractivity contribution in [2.45, 2.75) is 31.6 Å². The molecular formula is C19H21N3O4S. The summed E-state index contributed by atoms with van der Waals surface area (Å²) in [6, 6.07) is 10.8. The minimum absolute atomic E-state index is 0.0738. The molecule has 0 spiro atoms. The Morgan fingerprint density at radius 3 is 2.85 bits per heavy atom. The molecular weight excluding hydrogens is 366 g/mol. The minimum atomic E-state index is -0.493. The van der Waals surface area contributed by atoms with Crippen molar-refractivity contribution in [3.8, 4) is 5.75 Å². The zero-order valence-corrected chi connectivity index (χ0v) is 15.8. The van der Waals surface area contributed by atoms with Crippen LogP contribution in [-0.2, 0) is 16.1 Å². The average molecular weight is 387 g/mol. The Morgan fingerprint density at radius 1 is 1.33 bits per heavy atom. The number of aliphatic imine (C=N–C) groups is 1. The SMILES string of the molecule is CCCOc1ccc(NC(=O)CC2SC(=NCc3ccco3)NC2=O)cc1. The fraction of sp³-hybridized carbons (Fsp3) is 0.316. The van der Waals surface area contributed by atoms with Gasteiger partial charge in [-0.05, 0) is 42.8 Å². The number of nitrogens with zero attached hydrogens (tertiary/aromatic N) is 1. The maximum absolute atomic E-state index is 12.2. The van der Waals surface area contributed by atoms with Gasteiger partial charge in [0.15, 0.2) is 5.17 Å². The molecule has 2 amide bonds. The van der Waals surface area contributed by atoms with Crippen molar-refractivity contribution in [1.82, 2.24) is 5.32 Å². The van der Waals surface area contributed by atoms with Gasteiger partial charge in [-0.15, -0.1) is 0 Å². The van der Waals surface area contributed by atoms with E-state index in [9.17, 15) is 9.59 Å². The number of carbonyl (C=O) groups is 2. The monoisotopic (exact) mass is 387 g/mol. The van der Waals surface area contributed by atoms with Crippen molar-refractivity contribution in [1.29, 1.82) is 0 Å². The first-order valence-corrected chi connectivity index (χ1v) is 9.59. The van der Waals surface area contributed by atoms with Crippen LogP contribution in [0.15, 0.2) is 52.1 Å². The van der Waals surface area contributed by atoms with E-state index in [1.807, 2.05) is 25.1 Å². The summed E-state index contributed by atoms with van der Waals surface area (Å²) in [5.41, 5.74) is 0.666. The molecule has 0 radical (unpaired) electrons. The Morgan fingerprint density at radius 2 is 2.15 bits per heavy atom. The number of anilines is 1. The molecule has 142 valence electrons. The highest BCUT2D eigenvalue weighted by Crippen LogP contribution is 2.24. The molecule has 2 heterocycles. The Labute approximate surface area is 161 Å². The van der Waals surface area contributed by atoms with Gasteiger partial charge in [0.05, 0.1) is 19.4 Å². The number of benzene rings is 1. The maximum Gasteiger partial charge on any atom is 0.240 e. The summed E-state index contributed by atoms with van der Waals surface area (Å²) in [6.45, 7) is 3.05. The average Bonchev–Trinajstić information content (AvgIpc) is 3.29. The predicted octanol–water partition coefficient (Wildman–Crippen LogP) is 3.18. The number of ether oxygens (including phenoxy) is 1. The second-order valence-corrected chi connectivity index (χ2v) is 7.11. The molecule has 0 aliphatic carbocycles. The van der Waals surface area contributed by atoms with Gasteiger partial charge in [0.2, 0.25) is 11.8 Å². The van der Waals surface area contributed by atoms with Gasteiger partial charge in [-0.3, -0.25) is 14.6 Å². The zero-order valence-electron chi connectivity index (χ0n) is 14.9. The van der Waals surface area contributed by atoms with Crippen molar-refractivity contribution in [3.05, 3.63) is 48.4 Å². The number of amides is 2. The third-order valence-corrected chi connectivity index (χ3v) is 4.84. The van der Waals surface area contributed by atoms with Crippen LogP contribution in [0, 0.1) is 0 Å². The van der Waals surface area contributed by atoms with Gasteiger partial charge < -0.3 is 19.8 Å². The fourth-order valence-electron chi connectivity index (χ4n) is 2.40. The van der Waals surface area contributed by atoms with Crippen molar-refractivity contribution in [2.24, 2.45) is 4.99 Å². The third kappa shape index (κ3) is 5.62. The lowest BCUT2D eigenvalue weighted by Crippen LogP contribution is -2.28. The molecule has 1 aromatic carbocycles. The molecule has 27 heavy (non-hydrogen) atoms. The van der Waals surface area contributed by atoms with Crippen LogP contribution < -0.4 is 15.4 Å². The van der Waals surface area contributed by atoms with Crippen LogP contribution in [0.4, 0.5) is 5.69 Å². The normalized spacial score (nSPS) is 17.7. The number of rotatable bonds is 8. The van der Waals surface area contributed by atoms with Crippen LogP contribution in [0.2, 0.25) is 0 Å². The first-order valence-electron chi connectivity index (χ1n) is 8.71. The topological polar surface area (TPSA) is 92.9 Å². The second kappa shape index (κ2) is 9.27. The van der Waals surface area contributed by atoms with Crippen LogP contribution in [-0.4, -0.2) is 28.8 Å². The summed E-state index contributed by atoms with van der Waals surface area (Å²) in [4.78, 5) is 28.6. The highest BCUT2D eigenvalue weighted by atomic mass is 32.2. The zero-order chi connectivity index (χ0) is 19.1. The van der Waals surface area contributed by atoms with E-state index in [1.165, 1.54) is 11.8 Å². The molecule has 1 atom stereocenters. The highest BCUT2D eigenvalue weighted by molar-refractivity contribution is 8.15. The van der Waals surface area contributed by atoms with Crippen LogP contribution in [0.3, 0.4) is 0 Å². The number of hydrogen-bond acceptors (Lipinski definition) is 6. The molecule has 0 saturated carbocycles. The van der Waals surface area contributed by atoms with E-state index in [0.29, 0.717) is 29.8 Å². The Bertz CT molecular complexity index is 803. The van der Waals surface area contributed by atoms with E-state index in [4.69, 9.17) is 9.15 Å². The molecule has 1 unspecified atom stereocenters. The fourth-order valence-corrected chi connectivity index (χ4v) is 3.37. The van der Waals surface area contributed by atoms with Gasteiger partial charge in [0, 0.05) is 12.1 Å². The summed E-state index contributed by atoms with van der Waals surface area (Å²) >= 11 is 1.26. The van der Waals surface area contributed by atoms with Crippen molar-refractivity contribution in [2.75, 3.05) is 11.9 Å². The van der Waals surface area contributed by atoms with Gasteiger partial charge in [0.1, 0.15) is 16.8 Å². The van der Waals surface area contributed by atoms with E-state index in [0.717, 1.165) is 12.2 Å². The standard InChI is InChI=1S/C19H21N3O4S/c1-2-9-25-14-7-5-13(6-8-14)21-17(23)11-16-18(24)22-19(27-16)20-12-15-4-3-10-26-15/h3-8,10,16H,2,9,11-12H2,1H3,(H,21,23)(H,20,22,24). The number of amidine groups is 1. The van der Waals surface area contributed by atoms with E-state index >= 15 is 0 Å². The number of carbonyl (C=O) groups excluding carboxylic acids is 2. The van der Waals surface area contributed by atoms with E-state index in [1.54, 1.807) is 24.5 Å². The largest absolute Gasteiger partial charge is 0.494 e. The van der Waals surface area contributed by atoms with Crippen LogP contribution in [0.1, 0.15) is 25.5 Å². The number of furan rings is 1. The molecule has 1 aromatic heterocycles. The summed E-state index contributed by atoms with van der Waals surface area (Å²) < 4.78 is 10.7. The highest BCUT2D eigenvalue weighted by Gasteiger charge is 2.32. The smallest absolute Gasteiger partial charge is 0.240 e. The van der Waals surface area contributed by atoms with Gasteiger partial charge in [0.25, 0.3) is 0 Å². The Kier molecular flexibility index (Phi) is 6.54. The summed E-state index contributed by atoms with van der Waals surface area (Å²) in [5, 5.41) is 5.51. The van der Waals surface area contributed by atoms with Gasteiger partial charge in [-0.2, -0.15) is 0 Å². The number of thioether (sulfide) groups is 1. The second-order valence-electron chi connectivity index (χ2n) is 5.92. The molecule has 2 N–H and O–H groups in total. The number of hydrogen-bond donors (Lipinski definition) is 2. The van der Waals surface area contributed by atoms with E-state index in [-0.39, 0.29) is 18.2 Å². The van der Waals surface area contributed by atoms with Gasteiger partial charge in [-0.1, -0.05) is 18.7 Å². The molecule has 7 nitrogen and oxygen atoms in total. The molecule has 1 saturated heterocycles. The van der Waals surface area contributed by atoms with E-state index in [2.05, 4.69) is 15.6 Å². The maximum atomic E-state index is 12.2. The summed E-state index contributed by atoms with van der Waals surface area (Å²) in [5.74, 6) is 1.04. The van der Waals surface area contributed by atoms with E-state index < -0.39 is 5.25 Å². The lowest BCUT2D eigenvalue weighted by Gasteiger charge is -2.09. The molecule has 1 aliphatic heterocycles. The van der Waals surface area contributed by atoms with Crippen molar-refractivity contribution < 1.29 is 18.7 Å². The predicted molar refractivity (Wildman–Crippen MR) is 105 cm³/mol. The molecule has 2 aromatic rings. The van der Waals surface area contributed by atoms with Crippen molar-refractivity contribution >= 4 is 34.4 Å². The first kappa shape index (κ1) is 19.0. The van der Waals surface area contributed by atoms with Crippen LogP contribution in [0.25, 0.3) is 0 Å². The van der Waals surface area contributed by atoms with Crippen LogP contribution in [0.5, 0.6) is 5.75 Å².